The molecular weight excluding hydrogens is 349 g/mol. The SMILES string of the molecule is CCCN(CCN1CCN(CC)CC1)C(=O)c1cc(OC)c(OC)cc1F. The molecule has 2 rings (SSSR count). The molecule has 0 aliphatic carbocycles. The van der Waals surface area contributed by atoms with Crippen molar-refractivity contribution < 1.29 is 18.7 Å². The Morgan fingerprint density at radius 2 is 1.63 bits per heavy atom. The van der Waals surface area contributed by atoms with E-state index in [-0.39, 0.29) is 17.2 Å². The fourth-order valence-corrected chi connectivity index (χ4v) is 3.36. The second-order valence-electron chi connectivity index (χ2n) is 6.76. The van der Waals surface area contributed by atoms with E-state index in [4.69, 9.17) is 9.47 Å². The Hall–Kier alpha value is -1.86. The molecule has 1 amide bonds. The molecule has 1 saturated heterocycles. The van der Waals surface area contributed by atoms with E-state index in [1.807, 2.05) is 6.92 Å². The summed E-state index contributed by atoms with van der Waals surface area (Å²) in [5, 5.41) is 0. The van der Waals surface area contributed by atoms with Gasteiger partial charge in [0.1, 0.15) is 5.82 Å². The largest absolute Gasteiger partial charge is 0.493 e. The summed E-state index contributed by atoms with van der Waals surface area (Å²) in [6.45, 7) is 11.4. The first kappa shape index (κ1) is 21.4. The summed E-state index contributed by atoms with van der Waals surface area (Å²) < 4.78 is 24.8. The number of piperazine rings is 1. The van der Waals surface area contributed by atoms with E-state index < -0.39 is 5.82 Å². The number of nitrogens with zero attached hydrogens (tertiary/aromatic N) is 3. The molecule has 0 aromatic heterocycles. The lowest BCUT2D eigenvalue weighted by atomic mass is 10.1. The first-order valence-electron chi connectivity index (χ1n) is 9.69. The van der Waals surface area contributed by atoms with Crippen LogP contribution in [0.5, 0.6) is 11.5 Å². The quantitative estimate of drug-likeness (QED) is 0.657. The summed E-state index contributed by atoms with van der Waals surface area (Å²) in [5.41, 5.74) is 0.0249. The van der Waals surface area contributed by atoms with E-state index in [9.17, 15) is 9.18 Å². The molecule has 7 heteroatoms. The van der Waals surface area contributed by atoms with Crippen molar-refractivity contribution in [3.05, 3.63) is 23.5 Å². The van der Waals surface area contributed by atoms with Crippen LogP contribution in [0.4, 0.5) is 4.39 Å². The minimum Gasteiger partial charge on any atom is -0.493 e. The Bertz CT molecular complexity index is 619. The van der Waals surface area contributed by atoms with E-state index in [0.29, 0.717) is 18.8 Å². The van der Waals surface area contributed by atoms with Gasteiger partial charge in [-0.2, -0.15) is 0 Å². The van der Waals surface area contributed by atoms with Crippen molar-refractivity contribution in [2.75, 3.05) is 66.6 Å². The Balaban J connectivity index is 2.06. The van der Waals surface area contributed by atoms with Crippen molar-refractivity contribution in [3.63, 3.8) is 0 Å². The molecule has 0 bridgehead atoms. The van der Waals surface area contributed by atoms with Crippen molar-refractivity contribution in [1.82, 2.24) is 14.7 Å². The molecule has 0 N–H and O–H groups in total. The van der Waals surface area contributed by atoms with Gasteiger partial charge in [0, 0.05) is 51.9 Å². The van der Waals surface area contributed by atoms with E-state index in [2.05, 4.69) is 16.7 Å². The van der Waals surface area contributed by atoms with Crippen LogP contribution >= 0.6 is 0 Å². The smallest absolute Gasteiger partial charge is 0.257 e. The van der Waals surface area contributed by atoms with E-state index >= 15 is 0 Å². The maximum absolute atomic E-state index is 14.5. The predicted molar refractivity (Wildman–Crippen MR) is 104 cm³/mol. The summed E-state index contributed by atoms with van der Waals surface area (Å²) in [4.78, 5) is 19.5. The van der Waals surface area contributed by atoms with Gasteiger partial charge in [-0.3, -0.25) is 9.69 Å². The molecular formula is C20H32FN3O3. The molecule has 0 spiro atoms. The summed E-state index contributed by atoms with van der Waals surface area (Å²) in [6.07, 6.45) is 0.824. The molecule has 152 valence electrons. The molecule has 1 aliphatic rings. The summed E-state index contributed by atoms with van der Waals surface area (Å²) in [7, 11) is 2.92. The van der Waals surface area contributed by atoms with E-state index in [0.717, 1.165) is 45.7 Å². The van der Waals surface area contributed by atoms with Crippen LogP contribution in [-0.4, -0.2) is 87.2 Å². The summed E-state index contributed by atoms with van der Waals surface area (Å²) in [6, 6.07) is 2.64. The van der Waals surface area contributed by atoms with Crippen molar-refractivity contribution in [3.8, 4) is 11.5 Å². The number of hydrogen-bond donors (Lipinski definition) is 0. The highest BCUT2D eigenvalue weighted by atomic mass is 19.1. The first-order valence-corrected chi connectivity index (χ1v) is 9.69. The zero-order chi connectivity index (χ0) is 19.8. The van der Waals surface area contributed by atoms with Crippen LogP contribution in [0.15, 0.2) is 12.1 Å². The average Bonchev–Trinajstić information content (AvgIpc) is 2.70. The topological polar surface area (TPSA) is 45.2 Å². The van der Waals surface area contributed by atoms with Gasteiger partial charge in [-0.05, 0) is 19.0 Å². The number of likely N-dealkylation sites (N-methyl/N-ethyl adjacent to an activating group) is 1. The number of rotatable bonds is 9. The van der Waals surface area contributed by atoms with Gasteiger partial charge in [-0.15, -0.1) is 0 Å². The molecule has 0 atom stereocenters. The Morgan fingerprint density at radius 1 is 1.04 bits per heavy atom. The molecule has 6 nitrogen and oxygen atoms in total. The maximum Gasteiger partial charge on any atom is 0.257 e. The molecule has 0 unspecified atom stereocenters. The lowest BCUT2D eigenvalue weighted by molar-refractivity contribution is 0.0703. The standard InChI is InChI=1S/C20H32FN3O3/c1-5-7-24(13-12-23-10-8-22(6-2)9-11-23)20(25)16-14-18(26-3)19(27-4)15-17(16)21/h14-15H,5-13H2,1-4H3. The summed E-state index contributed by atoms with van der Waals surface area (Å²) >= 11 is 0. The highest BCUT2D eigenvalue weighted by Gasteiger charge is 2.23. The van der Waals surface area contributed by atoms with Gasteiger partial charge >= 0.3 is 0 Å². The number of hydrogen-bond acceptors (Lipinski definition) is 5. The fourth-order valence-electron chi connectivity index (χ4n) is 3.36. The molecule has 1 aliphatic heterocycles. The van der Waals surface area contributed by atoms with Gasteiger partial charge < -0.3 is 19.3 Å². The molecule has 0 saturated carbocycles. The van der Waals surface area contributed by atoms with Crippen LogP contribution in [0.2, 0.25) is 0 Å². The van der Waals surface area contributed by atoms with Gasteiger partial charge in [-0.25, -0.2) is 4.39 Å². The lowest BCUT2D eigenvalue weighted by Gasteiger charge is -2.35. The third-order valence-electron chi connectivity index (χ3n) is 5.08. The molecule has 27 heavy (non-hydrogen) atoms. The van der Waals surface area contributed by atoms with Gasteiger partial charge in [0.05, 0.1) is 19.8 Å². The fraction of sp³-hybridized carbons (Fsp3) is 0.650. The molecule has 1 fully saturated rings. The maximum atomic E-state index is 14.5. The Kier molecular flexibility index (Phi) is 8.31. The minimum absolute atomic E-state index is 0.0249. The van der Waals surface area contributed by atoms with Gasteiger partial charge in [0.2, 0.25) is 0 Å². The molecule has 0 radical (unpaired) electrons. The third-order valence-corrected chi connectivity index (χ3v) is 5.08. The van der Waals surface area contributed by atoms with Gasteiger partial charge in [0.25, 0.3) is 5.91 Å². The van der Waals surface area contributed by atoms with Crippen molar-refractivity contribution in [2.24, 2.45) is 0 Å². The lowest BCUT2D eigenvalue weighted by Crippen LogP contribution is -2.48. The molecule has 1 heterocycles. The van der Waals surface area contributed by atoms with E-state index in [1.54, 1.807) is 4.90 Å². The van der Waals surface area contributed by atoms with Crippen LogP contribution in [0, 0.1) is 5.82 Å². The first-order chi connectivity index (χ1) is 13.0. The van der Waals surface area contributed by atoms with Crippen molar-refractivity contribution in [2.45, 2.75) is 20.3 Å². The Labute approximate surface area is 161 Å². The van der Waals surface area contributed by atoms with Crippen LogP contribution in [0.1, 0.15) is 30.6 Å². The number of benzene rings is 1. The zero-order valence-corrected chi connectivity index (χ0v) is 17.0. The van der Waals surface area contributed by atoms with E-state index in [1.165, 1.54) is 26.4 Å². The number of carbonyl (C=O) groups excluding carboxylic acids is 1. The normalized spacial score (nSPS) is 15.6. The monoisotopic (exact) mass is 381 g/mol. The molecule has 1 aromatic rings. The van der Waals surface area contributed by atoms with Gasteiger partial charge in [-0.1, -0.05) is 13.8 Å². The second-order valence-corrected chi connectivity index (χ2v) is 6.76. The average molecular weight is 381 g/mol. The number of ether oxygens (including phenoxy) is 2. The zero-order valence-electron chi connectivity index (χ0n) is 17.0. The highest BCUT2D eigenvalue weighted by molar-refractivity contribution is 5.95. The number of methoxy groups -OCH3 is 2. The number of amides is 1. The highest BCUT2D eigenvalue weighted by Crippen LogP contribution is 2.30. The summed E-state index contributed by atoms with van der Waals surface area (Å²) in [5.74, 6) is -0.255. The minimum atomic E-state index is -0.588. The van der Waals surface area contributed by atoms with Crippen LogP contribution in [0.25, 0.3) is 0 Å². The van der Waals surface area contributed by atoms with Crippen LogP contribution < -0.4 is 9.47 Å². The van der Waals surface area contributed by atoms with Crippen LogP contribution in [0.3, 0.4) is 0 Å². The number of carbonyl (C=O) groups is 1. The second kappa shape index (κ2) is 10.5. The Morgan fingerprint density at radius 3 is 2.19 bits per heavy atom. The van der Waals surface area contributed by atoms with Crippen molar-refractivity contribution in [1.29, 1.82) is 0 Å². The third kappa shape index (κ3) is 5.56. The van der Waals surface area contributed by atoms with Gasteiger partial charge in [0.15, 0.2) is 11.5 Å². The van der Waals surface area contributed by atoms with Crippen molar-refractivity contribution >= 4 is 5.91 Å². The predicted octanol–water partition coefficient (Wildman–Crippen LogP) is 2.33. The van der Waals surface area contributed by atoms with Crippen LogP contribution in [-0.2, 0) is 0 Å². The molecule has 1 aromatic carbocycles. The number of halogens is 1.